The Bertz CT molecular complexity index is 516. The molecule has 0 aliphatic rings. The van der Waals surface area contributed by atoms with Gasteiger partial charge in [0.2, 0.25) is 0 Å². The molecular weight excluding hydrogens is 304 g/mol. The number of anilines is 1. The molecule has 2 amide bonds. The zero-order valence-corrected chi connectivity index (χ0v) is 11.9. The summed E-state index contributed by atoms with van der Waals surface area (Å²) in [4.78, 5) is 11.8. The Hall–Kier alpha value is -1.81. The van der Waals surface area contributed by atoms with E-state index in [0.29, 0.717) is 6.54 Å². The predicted molar refractivity (Wildman–Crippen MR) is 81.6 cm³/mol. The van der Waals surface area contributed by atoms with Crippen LogP contribution in [0.2, 0.25) is 0 Å². The topological polar surface area (TPSA) is 41.1 Å². The predicted octanol–water partition coefficient (Wildman–Crippen LogP) is 3.94. The van der Waals surface area contributed by atoms with Crippen LogP contribution in [0.25, 0.3) is 0 Å². The first-order valence-corrected chi connectivity index (χ1v) is 6.96. The minimum atomic E-state index is -0.202. The number of carbonyl (C=O) groups excluding carboxylic acids is 1. The van der Waals surface area contributed by atoms with Crippen molar-refractivity contribution in [1.82, 2.24) is 5.32 Å². The maximum absolute atomic E-state index is 11.7. The van der Waals surface area contributed by atoms with Crippen LogP contribution in [0.3, 0.4) is 0 Å². The summed E-state index contributed by atoms with van der Waals surface area (Å²) in [6, 6.07) is 19.1. The number of amides is 2. The van der Waals surface area contributed by atoms with Gasteiger partial charge in [0.15, 0.2) is 0 Å². The molecule has 2 rings (SSSR count). The molecule has 2 aromatic rings. The molecule has 2 aromatic carbocycles. The second kappa shape index (κ2) is 6.95. The minimum absolute atomic E-state index is 0.107. The van der Waals surface area contributed by atoms with Crippen LogP contribution >= 0.6 is 15.9 Å². The number of urea groups is 1. The Balaban J connectivity index is 1.81. The number of hydrogen-bond donors (Lipinski definition) is 2. The molecule has 0 aliphatic carbocycles. The van der Waals surface area contributed by atoms with Crippen LogP contribution in [-0.2, 0) is 0 Å². The summed E-state index contributed by atoms with van der Waals surface area (Å²) in [7, 11) is 0. The van der Waals surface area contributed by atoms with Gasteiger partial charge in [0, 0.05) is 12.2 Å². The van der Waals surface area contributed by atoms with Crippen LogP contribution in [0.5, 0.6) is 0 Å². The molecule has 19 heavy (non-hydrogen) atoms. The van der Waals surface area contributed by atoms with E-state index in [9.17, 15) is 4.79 Å². The third kappa shape index (κ3) is 4.41. The lowest BCUT2D eigenvalue weighted by Crippen LogP contribution is -2.31. The van der Waals surface area contributed by atoms with Gasteiger partial charge >= 0.3 is 6.03 Å². The van der Waals surface area contributed by atoms with Gasteiger partial charge in [0.05, 0.1) is 4.83 Å². The zero-order valence-electron chi connectivity index (χ0n) is 10.3. The molecule has 0 bridgehead atoms. The molecule has 0 aromatic heterocycles. The van der Waals surface area contributed by atoms with Crippen molar-refractivity contribution in [3.05, 3.63) is 66.2 Å². The highest BCUT2D eigenvalue weighted by Gasteiger charge is 2.08. The number of carbonyl (C=O) groups is 1. The standard InChI is InChI=1S/C15H15BrN2O/c16-14(12-7-3-1-4-8-12)11-17-15(19)18-13-9-5-2-6-10-13/h1-10,14H,11H2,(H2,17,18,19). The summed E-state index contributed by atoms with van der Waals surface area (Å²) < 4.78 is 0. The highest BCUT2D eigenvalue weighted by atomic mass is 79.9. The van der Waals surface area contributed by atoms with Crippen molar-refractivity contribution in [1.29, 1.82) is 0 Å². The van der Waals surface area contributed by atoms with Gasteiger partial charge in [-0.2, -0.15) is 0 Å². The van der Waals surface area contributed by atoms with E-state index in [4.69, 9.17) is 0 Å². The number of rotatable bonds is 4. The molecule has 1 unspecified atom stereocenters. The lowest BCUT2D eigenvalue weighted by Gasteiger charge is -2.12. The fraction of sp³-hybridized carbons (Fsp3) is 0.133. The van der Waals surface area contributed by atoms with E-state index in [1.54, 1.807) is 0 Å². The fourth-order valence-electron chi connectivity index (χ4n) is 1.66. The molecule has 98 valence electrons. The third-order valence-electron chi connectivity index (χ3n) is 2.63. The first kappa shape index (κ1) is 13.6. The lowest BCUT2D eigenvalue weighted by atomic mass is 10.1. The quantitative estimate of drug-likeness (QED) is 0.823. The Kier molecular flexibility index (Phi) is 4.98. The van der Waals surface area contributed by atoms with Gasteiger partial charge in [-0.3, -0.25) is 0 Å². The summed E-state index contributed by atoms with van der Waals surface area (Å²) in [5, 5.41) is 5.61. The van der Waals surface area contributed by atoms with E-state index in [1.807, 2.05) is 60.7 Å². The smallest absolute Gasteiger partial charge is 0.319 e. The van der Waals surface area contributed by atoms with Crippen molar-refractivity contribution in [2.45, 2.75) is 4.83 Å². The molecule has 0 saturated heterocycles. The van der Waals surface area contributed by atoms with Gasteiger partial charge in [0.25, 0.3) is 0 Å². The van der Waals surface area contributed by atoms with Gasteiger partial charge in [-0.1, -0.05) is 64.5 Å². The summed E-state index contributed by atoms with van der Waals surface area (Å²) >= 11 is 3.56. The monoisotopic (exact) mass is 318 g/mol. The number of hydrogen-bond acceptors (Lipinski definition) is 1. The lowest BCUT2D eigenvalue weighted by molar-refractivity contribution is 0.252. The van der Waals surface area contributed by atoms with Crippen LogP contribution in [0.4, 0.5) is 10.5 Å². The Morgan fingerprint density at radius 3 is 2.21 bits per heavy atom. The maximum Gasteiger partial charge on any atom is 0.319 e. The average molecular weight is 319 g/mol. The first-order chi connectivity index (χ1) is 9.25. The zero-order chi connectivity index (χ0) is 13.5. The van der Waals surface area contributed by atoms with E-state index in [1.165, 1.54) is 0 Å². The van der Waals surface area contributed by atoms with E-state index in [-0.39, 0.29) is 10.9 Å². The van der Waals surface area contributed by atoms with Gasteiger partial charge in [-0.15, -0.1) is 0 Å². The second-order valence-corrected chi connectivity index (χ2v) is 5.18. The molecule has 0 aliphatic heterocycles. The van der Waals surface area contributed by atoms with Gasteiger partial charge < -0.3 is 10.6 Å². The van der Waals surface area contributed by atoms with Crippen molar-refractivity contribution >= 4 is 27.6 Å². The van der Waals surface area contributed by atoms with Gasteiger partial charge in [0.1, 0.15) is 0 Å². The molecule has 0 spiro atoms. The van der Waals surface area contributed by atoms with Crippen molar-refractivity contribution in [3.63, 3.8) is 0 Å². The molecule has 0 saturated carbocycles. The highest BCUT2D eigenvalue weighted by molar-refractivity contribution is 9.09. The molecule has 0 fully saturated rings. The number of halogens is 1. The highest BCUT2D eigenvalue weighted by Crippen LogP contribution is 2.20. The van der Waals surface area contributed by atoms with Crippen molar-refractivity contribution < 1.29 is 4.79 Å². The largest absolute Gasteiger partial charge is 0.336 e. The van der Waals surface area contributed by atoms with Crippen LogP contribution < -0.4 is 10.6 Å². The molecular formula is C15H15BrN2O. The summed E-state index contributed by atoms with van der Waals surface area (Å²) in [5.41, 5.74) is 1.92. The number of para-hydroxylation sites is 1. The molecule has 4 heteroatoms. The maximum atomic E-state index is 11.7. The summed E-state index contributed by atoms with van der Waals surface area (Å²) in [6.45, 7) is 0.530. The molecule has 2 N–H and O–H groups in total. The van der Waals surface area contributed by atoms with Gasteiger partial charge in [-0.05, 0) is 17.7 Å². The Labute approximate surface area is 121 Å². The van der Waals surface area contributed by atoms with E-state index in [0.717, 1.165) is 11.3 Å². The second-order valence-electron chi connectivity index (χ2n) is 4.08. The van der Waals surface area contributed by atoms with Crippen LogP contribution in [0, 0.1) is 0 Å². The Morgan fingerprint density at radius 2 is 1.58 bits per heavy atom. The average Bonchev–Trinajstić information content (AvgIpc) is 2.47. The van der Waals surface area contributed by atoms with Crippen molar-refractivity contribution in [3.8, 4) is 0 Å². The molecule has 3 nitrogen and oxygen atoms in total. The number of alkyl halides is 1. The normalized spacial score (nSPS) is 11.6. The molecule has 0 heterocycles. The van der Waals surface area contributed by atoms with E-state index in [2.05, 4.69) is 26.6 Å². The summed E-state index contributed by atoms with van der Waals surface area (Å²) in [5.74, 6) is 0. The third-order valence-corrected chi connectivity index (χ3v) is 3.49. The molecule has 1 atom stereocenters. The summed E-state index contributed by atoms with van der Waals surface area (Å²) in [6.07, 6.45) is 0. The fourth-order valence-corrected chi connectivity index (χ4v) is 2.13. The van der Waals surface area contributed by atoms with E-state index < -0.39 is 0 Å². The van der Waals surface area contributed by atoms with Crippen molar-refractivity contribution in [2.75, 3.05) is 11.9 Å². The Morgan fingerprint density at radius 1 is 1.00 bits per heavy atom. The number of nitrogens with one attached hydrogen (secondary N) is 2. The van der Waals surface area contributed by atoms with Crippen molar-refractivity contribution in [2.24, 2.45) is 0 Å². The molecule has 0 radical (unpaired) electrons. The van der Waals surface area contributed by atoms with Crippen LogP contribution in [0.1, 0.15) is 10.4 Å². The first-order valence-electron chi connectivity index (χ1n) is 6.04. The van der Waals surface area contributed by atoms with E-state index >= 15 is 0 Å². The van der Waals surface area contributed by atoms with Gasteiger partial charge in [-0.25, -0.2) is 4.79 Å². The van der Waals surface area contributed by atoms with Crippen LogP contribution in [0.15, 0.2) is 60.7 Å². The van der Waals surface area contributed by atoms with Crippen LogP contribution in [-0.4, -0.2) is 12.6 Å². The minimum Gasteiger partial charge on any atom is -0.336 e. The SMILES string of the molecule is O=C(NCC(Br)c1ccccc1)Nc1ccccc1. The number of benzene rings is 2.